The van der Waals surface area contributed by atoms with Gasteiger partial charge in [0.05, 0.1) is 26.2 Å². The molecule has 0 atom stereocenters. The second kappa shape index (κ2) is 9.05. The van der Waals surface area contributed by atoms with E-state index in [1.807, 2.05) is 55.5 Å². The van der Waals surface area contributed by atoms with Gasteiger partial charge in [-0.25, -0.2) is 4.79 Å². The summed E-state index contributed by atoms with van der Waals surface area (Å²) in [6.07, 6.45) is 0. The molecule has 142 valence electrons. The number of nitrogens with one attached hydrogen (secondary N) is 2. The number of piperazine rings is 1. The minimum atomic E-state index is -0.279. The number of amides is 2. The summed E-state index contributed by atoms with van der Waals surface area (Å²) in [5, 5.41) is 8.00. The van der Waals surface area contributed by atoms with Crippen LogP contribution in [0.25, 0.3) is 0 Å². The molecule has 7 nitrogen and oxygen atoms in total. The van der Waals surface area contributed by atoms with Crippen LogP contribution in [0.15, 0.2) is 53.5 Å². The van der Waals surface area contributed by atoms with Crippen LogP contribution < -0.4 is 26.6 Å². The Bertz CT molecular complexity index is 779. The monoisotopic (exact) mass is 367 g/mol. The average molecular weight is 367 g/mol. The molecule has 0 bridgehead atoms. The Balaban J connectivity index is 1.55. The lowest BCUT2D eigenvalue weighted by Gasteiger charge is -2.27. The highest BCUT2D eigenvalue weighted by Gasteiger charge is 2.12. The molecule has 1 aliphatic heterocycles. The van der Waals surface area contributed by atoms with Crippen molar-refractivity contribution in [2.24, 2.45) is 10.7 Å². The number of hydrogen-bond acceptors (Lipinski definition) is 3. The van der Waals surface area contributed by atoms with Gasteiger partial charge in [-0.15, -0.1) is 0 Å². The number of aliphatic imine (C=N–C) groups is 1. The molecule has 3 rings (SSSR count). The maximum Gasteiger partial charge on any atom is 0.323 e. The lowest BCUT2D eigenvalue weighted by atomic mass is 10.2. The van der Waals surface area contributed by atoms with Crippen molar-refractivity contribution in [2.75, 3.05) is 48.3 Å². The van der Waals surface area contributed by atoms with Crippen molar-refractivity contribution >= 4 is 28.9 Å². The molecule has 2 aromatic rings. The van der Waals surface area contributed by atoms with Gasteiger partial charge in [0.2, 0.25) is 0 Å². The molecule has 0 aromatic heterocycles. The second-order valence-electron chi connectivity index (χ2n) is 6.42. The number of nitrogens with zero attached hydrogens (tertiary/aromatic N) is 2. The van der Waals surface area contributed by atoms with Crippen molar-refractivity contribution in [3.8, 4) is 0 Å². The van der Waals surface area contributed by atoms with Crippen molar-refractivity contribution in [3.63, 3.8) is 0 Å². The van der Waals surface area contributed by atoms with Crippen LogP contribution in [0.1, 0.15) is 12.5 Å². The van der Waals surface area contributed by atoms with Crippen LogP contribution in [0.3, 0.4) is 0 Å². The molecule has 1 aliphatic rings. The van der Waals surface area contributed by atoms with Crippen molar-refractivity contribution in [3.05, 3.63) is 54.1 Å². The first-order valence-corrected chi connectivity index (χ1v) is 9.31. The molecule has 7 heteroatoms. The second-order valence-corrected chi connectivity index (χ2v) is 6.42. The van der Waals surface area contributed by atoms with Gasteiger partial charge in [0.1, 0.15) is 5.84 Å². The molecule has 0 radical (unpaired) electrons. The summed E-state index contributed by atoms with van der Waals surface area (Å²) < 4.78 is 0. The van der Waals surface area contributed by atoms with Crippen LogP contribution in [0.5, 0.6) is 0 Å². The summed E-state index contributed by atoms with van der Waals surface area (Å²) in [5.74, 6) is 0.500. The fourth-order valence-corrected chi connectivity index (χ4v) is 3.04. The summed E-state index contributed by atoms with van der Waals surface area (Å²) in [5.41, 5.74) is 9.36. The quantitative estimate of drug-likeness (QED) is 0.475. The van der Waals surface area contributed by atoms with Gasteiger partial charge < -0.3 is 26.6 Å². The number of anilines is 3. The van der Waals surface area contributed by atoms with E-state index in [1.54, 1.807) is 0 Å². The van der Waals surface area contributed by atoms with E-state index >= 15 is 0 Å². The summed E-state index contributed by atoms with van der Waals surface area (Å²) in [7, 11) is 0. The zero-order chi connectivity index (χ0) is 19.1. The number of nitrogens with two attached hydrogens (primary N) is 2. The van der Waals surface area contributed by atoms with Crippen molar-refractivity contribution in [1.29, 1.82) is 0 Å². The minimum absolute atomic E-state index is 0.279. The number of benzene rings is 2. The highest BCUT2D eigenvalue weighted by atomic mass is 16.2. The third kappa shape index (κ3) is 5.21. The zero-order valence-corrected chi connectivity index (χ0v) is 15.6. The van der Waals surface area contributed by atoms with Crippen LogP contribution in [-0.2, 0) is 0 Å². The number of carbonyl (C=O) groups excluding carboxylic acids is 1. The van der Waals surface area contributed by atoms with E-state index in [-0.39, 0.29) is 6.03 Å². The fraction of sp³-hybridized carbons (Fsp3) is 0.300. The van der Waals surface area contributed by atoms with E-state index in [1.165, 1.54) is 5.69 Å². The van der Waals surface area contributed by atoms with Crippen LogP contribution >= 0.6 is 0 Å². The normalized spacial score (nSPS) is 14.7. The maximum absolute atomic E-state index is 12.2. The van der Waals surface area contributed by atoms with Crippen LogP contribution in [0.2, 0.25) is 0 Å². The first kappa shape index (κ1) is 18.7. The molecule has 0 saturated carbocycles. The van der Waals surface area contributed by atoms with Gasteiger partial charge in [0.25, 0.3) is 0 Å². The Kier molecular flexibility index (Phi) is 6.27. The van der Waals surface area contributed by atoms with Gasteiger partial charge in [-0.05, 0) is 55.5 Å². The number of hydrogen-bond donors (Lipinski definition) is 4. The molecule has 6 N–H and O–H groups in total. The first-order valence-electron chi connectivity index (χ1n) is 9.31. The molecule has 2 aromatic carbocycles. The molecular weight excluding hydrogens is 340 g/mol. The summed E-state index contributed by atoms with van der Waals surface area (Å²) in [6.45, 7) is 6.93. The average Bonchev–Trinajstić information content (AvgIpc) is 2.70. The molecule has 1 fully saturated rings. The Morgan fingerprint density at radius 1 is 1.04 bits per heavy atom. The molecule has 1 heterocycles. The highest BCUT2D eigenvalue weighted by molar-refractivity contribution is 6.01. The van der Waals surface area contributed by atoms with Gasteiger partial charge in [-0.1, -0.05) is 0 Å². The molecule has 27 heavy (non-hydrogen) atoms. The van der Waals surface area contributed by atoms with Crippen LogP contribution in [-0.4, -0.2) is 44.6 Å². The van der Waals surface area contributed by atoms with E-state index < -0.39 is 0 Å². The van der Waals surface area contributed by atoms with E-state index in [4.69, 9.17) is 5.73 Å². The molecule has 0 unspecified atom stereocenters. The lowest BCUT2D eigenvalue weighted by Crippen LogP contribution is -2.89. The summed E-state index contributed by atoms with van der Waals surface area (Å²) in [4.78, 5) is 18.7. The SMILES string of the molecule is CCN=C(N)c1ccc(NC(=O)Nc2ccc(N3CC[NH2+]CC3)cc2)cc1. The number of carbonyl (C=O) groups is 1. The fourth-order valence-electron chi connectivity index (χ4n) is 3.04. The topological polar surface area (TPSA) is 99.4 Å². The lowest BCUT2D eigenvalue weighted by molar-refractivity contribution is -0.655. The van der Waals surface area contributed by atoms with E-state index in [0.29, 0.717) is 18.1 Å². The largest absolute Gasteiger partial charge is 0.384 e. The number of urea groups is 1. The van der Waals surface area contributed by atoms with Crippen LogP contribution in [0, 0.1) is 0 Å². The Hall–Kier alpha value is -3.06. The van der Waals surface area contributed by atoms with Gasteiger partial charge in [0.15, 0.2) is 0 Å². The van der Waals surface area contributed by atoms with Crippen molar-refractivity contribution in [2.45, 2.75) is 6.92 Å². The molecule has 0 spiro atoms. The third-order valence-corrected chi connectivity index (χ3v) is 4.46. The van der Waals surface area contributed by atoms with E-state index in [0.717, 1.165) is 37.4 Å². The Morgan fingerprint density at radius 3 is 2.15 bits per heavy atom. The van der Waals surface area contributed by atoms with Crippen molar-refractivity contribution < 1.29 is 10.1 Å². The van der Waals surface area contributed by atoms with Gasteiger partial charge in [0, 0.05) is 29.2 Å². The highest BCUT2D eigenvalue weighted by Crippen LogP contribution is 2.18. The molecule has 2 amide bonds. The summed E-state index contributed by atoms with van der Waals surface area (Å²) in [6, 6.07) is 15.0. The smallest absolute Gasteiger partial charge is 0.323 e. The first-order chi connectivity index (χ1) is 13.2. The molecular formula is C20H27N6O+. The number of amidine groups is 1. The van der Waals surface area contributed by atoms with Gasteiger partial charge >= 0.3 is 6.03 Å². The number of rotatable bonds is 5. The Morgan fingerprint density at radius 2 is 1.59 bits per heavy atom. The van der Waals surface area contributed by atoms with Gasteiger partial charge in [-0.2, -0.15) is 0 Å². The predicted molar refractivity (Wildman–Crippen MR) is 111 cm³/mol. The predicted octanol–water partition coefficient (Wildman–Crippen LogP) is 1.44. The third-order valence-electron chi connectivity index (χ3n) is 4.46. The minimum Gasteiger partial charge on any atom is -0.384 e. The van der Waals surface area contributed by atoms with Crippen molar-refractivity contribution in [1.82, 2.24) is 0 Å². The molecule has 1 saturated heterocycles. The number of quaternary nitrogens is 1. The van der Waals surface area contributed by atoms with Gasteiger partial charge in [-0.3, -0.25) is 4.99 Å². The van der Waals surface area contributed by atoms with Crippen LogP contribution in [0.4, 0.5) is 21.9 Å². The summed E-state index contributed by atoms with van der Waals surface area (Å²) >= 11 is 0. The Labute approximate surface area is 159 Å². The molecule has 0 aliphatic carbocycles. The maximum atomic E-state index is 12.2. The van der Waals surface area contributed by atoms with E-state index in [9.17, 15) is 4.79 Å². The van der Waals surface area contributed by atoms with E-state index in [2.05, 4.69) is 25.8 Å². The zero-order valence-electron chi connectivity index (χ0n) is 15.6. The standard InChI is InChI=1S/C20H26N6O/c1-2-23-19(21)15-3-5-16(6-4-15)24-20(27)25-17-7-9-18(10-8-17)26-13-11-22-12-14-26/h3-10,22H,2,11-14H2,1H3,(H2,21,23)(H2,24,25,27)/p+1.